The van der Waals surface area contributed by atoms with E-state index < -0.39 is 12.1 Å². The molecule has 0 saturated heterocycles. The molecule has 3 nitrogen and oxygen atoms in total. The smallest absolute Gasteiger partial charge is 0.0894 e. The summed E-state index contributed by atoms with van der Waals surface area (Å²) in [5, 5.41) is 18.4. The minimum Gasteiger partial charge on any atom is -0.395 e. The predicted molar refractivity (Wildman–Crippen MR) is 110 cm³/mol. The van der Waals surface area contributed by atoms with E-state index in [9.17, 15) is 5.11 Å². The summed E-state index contributed by atoms with van der Waals surface area (Å²) in [6.07, 6.45) is 24.7. The highest BCUT2D eigenvalue weighted by Gasteiger charge is 2.08. The Balaban J connectivity index is 3.15. The molecule has 4 N–H and O–H groups in total. The van der Waals surface area contributed by atoms with Crippen molar-refractivity contribution in [1.82, 2.24) is 0 Å². The van der Waals surface area contributed by atoms with Gasteiger partial charge < -0.3 is 15.9 Å². The van der Waals surface area contributed by atoms with Crippen LogP contribution >= 0.6 is 0 Å². The average molecular weight is 356 g/mol. The van der Waals surface area contributed by atoms with E-state index >= 15 is 0 Å². The third-order valence-electron chi connectivity index (χ3n) is 4.96. The van der Waals surface area contributed by atoms with E-state index in [2.05, 4.69) is 6.92 Å². The van der Waals surface area contributed by atoms with Gasteiger partial charge in [-0.25, -0.2) is 0 Å². The molecule has 3 heteroatoms. The van der Waals surface area contributed by atoms with Gasteiger partial charge in [0.15, 0.2) is 0 Å². The summed E-state index contributed by atoms with van der Waals surface area (Å²) in [5.41, 5.74) is 5.54. The Hall–Kier alpha value is -0.380. The van der Waals surface area contributed by atoms with Crippen molar-refractivity contribution < 1.29 is 10.2 Å². The highest BCUT2D eigenvalue weighted by molar-refractivity contribution is 4.93. The lowest BCUT2D eigenvalue weighted by atomic mass is 10.0. The Morgan fingerprint density at radius 1 is 0.720 bits per heavy atom. The van der Waals surface area contributed by atoms with Gasteiger partial charge >= 0.3 is 0 Å². The van der Waals surface area contributed by atoms with Crippen LogP contribution in [0.15, 0.2) is 12.2 Å². The molecule has 0 spiro atoms. The number of unbranched alkanes of at least 4 members (excludes halogenated alkanes) is 15. The molecule has 0 bridgehead atoms. The van der Waals surface area contributed by atoms with Crippen LogP contribution in [0.5, 0.6) is 0 Å². The summed E-state index contributed by atoms with van der Waals surface area (Å²) in [4.78, 5) is 0. The molecular formula is C22H45NO2. The summed E-state index contributed by atoms with van der Waals surface area (Å²) in [5.74, 6) is 0. The van der Waals surface area contributed by atoms with Gasteiger partial charge in [-0.05, 0) is 12.8 Å². The lowest BCUT2D eigenvalue weighted by Gasteiger charge is -2.11. The number of aliphatic hydroxyl groups excluding tert-OH is 2. The number of hydrogen-bond donors (Lipinski definition) is 3. The van der Waals surface area contributed by atoms with Gasteiger partial charge in [-0.1, -0.05) is 109 Å². The topological polar surface area (TPSA) is 66.5 Å². The zero-order valence-corrected chi connectivity index (χ0v) is 16.8. The second-order valence-electron chi connectivity index (χ2n) is 7.50. The van der Waals surface area contributed by atoms with Crippen LogP contribution < -0.4 is 5.73 Å². The molecule has 0 aliphatic heterocycles. The predicted octanol–water partition coefficient (Wildman–Crippen LogP) is 5.48. The Morgan fingerprint density at radius 2 is 1.12 bits per heavy atom. The highest BCUT2D eigenvalue weighted by Crippen LogP contribution is 2.13. The van der Waals surface area contributed by atoms with Crippen molar-refractivity contribution in [1.29, 1.82) is 0 Å². The molecule has 2 unspecified atom stereocenters. The number of hydrogen-bond acceptors (Lipinski definition) is 3. The van der Waals surface area contributed by atoms with Gasteiger partial charge in [-0.15, -0.1) is 0 Å². The monoisotopic (exact) mass is 355 g/mol. The Morgan fingerprint density at radius 3 is 1.52 bits per heavy atom. The standard InChI is InChI=1S/C22H45NO2/c1-2-3-4-5-6-7-8-9-10-11-12-13-14-15-16-17-18-19-22(25)21(23)20-24/h18-19,21-22,24-25H,2-17,20,23H2,1H3/b19-18+. The molecule has 25 heavy (non-hydrogen) atoms. The van der Waals surface area contributed by atoms with Gasteiger partial charge in [0.2, 0.25) is 0 Å². The molecule has 0 aromatic carbocycles. The molecule has 0 aliphatic rings. The molecule has 0 aromatic heterocycles. The van der Waals surface area contributed by atoms with Crippen LogP contribution in [0.25, 0.3) is 0 Å². The minimum atomic E-state index is -0.721. The fraction of sp³-hybridized carbons (Fsp3) is 0.909. The maximum absolute atomic E-state index is 9.57. The zero-order chi connectivity index (χ0) is 18.6. The van der Waals surface area contributed by atoms with Gasteiger partial charge in [0.1, 0.15) is 0 Å². The maximum atomic E-state index is 9.57. The molecule has 0 aromatic rings. The van der Waals surface area contributed by atoms with Crippen LogP contribution in [0, 0.1) is 0 Å². The lowest BCUT2D eigenvalue weighted by Crippen LogP contribution is -2.36. The third kappa shape index (κ3) is 18.2. The van der Waals surface area contributed by atoms with Crippen molar-refractivity contribution in [3.05, 3.63) is 12.2 Å². The van der Waals surface area contributed by atoms with E-state index in [1.165, 1.54) is 96.3 Å². The zero-order valence-electron chi connectivity index (χ0n) is 16.8. The van der Waals surface area contributed by atoms with Crippen LogP contribution in [0.1, 0.15) is 110 Å². The van der Waals surface area contributed by atoms with Crippen molar-refractivity contribution >= 4 is 0 Å². The molecule has 0 heterocycles. The lowest BCUT2D eigenvalue weighted by molar-refractivity contribution is 0.144. The number of nitrogens with two attached hydrogens (primary N) is 1. The van der Waals surface area contributed by atoms with Crippen LogP contribution in [0.4, 0.5) is 0 Å². The molecule has 0 radical (unpaired) electrons. The summed E-state index contributed by atoms with van der Waals surface area (Å²) in [6.45, 7) is 2.10. The van der Waals surface area contributed by atoms with E-state index in [0.29, 0.717) is 0 Å². The third-order valence-corrected chi connectivity index (χ3v) is 4.96. The van der Waals surface area contributed by atoms with Gasteiger partial charge in [0.05, 0.1) is 18.8 Å². The first kappa shape index (κ1) is 24.6. The molecule has 2 atom stereocenters. The van der Waals surface area contributed by atoms with Crippen molar-refractivity contribution in [2.45, 2.75) is 122 Å². The molecule has 150 valence electrons. The molecule has 0 rings (SSSR count). The Kier molecular flexibility index (Phi) is 19.6. The summed E-state index contributed by atoms with van der Waals surface area (Å²) < 4.78 is 0. The van der Waals surface area contributed by atoms with E-state index in [1.54, 1.807) is 6.08 Å². The van der Waals surface area contributed by atoms with Gasteiger partial charge in [0, 0.05) is 0 Å². The first-order valence-corrected chi connectivity index (χ1v) is 10.9. The van der Waals surface area contributed by atoms with Crippen LogP contribution in [-0.2, 0) is 0 Å². The second-order valence-corrected chi connectivity index (χ2v) is 7.50. The largest absolute Gasteiger partial charge is 0.395 e. The number of aliphatic hydroxyl groups is 2. The minimum absolute atomic E-state index is 0.176. The molecule has 0 saturated carbocycles. The van der Waals surface area contributed by atoms with E-state index in [1.807, 2.05) is 6.08 Å². The molecule has 0 aliphatic carbocycles. The van der Waals surface area contributed by atoms with Gasteiger partial charge in [-0.3, -0.25) is 0 Å². The summed E-state index contributed by atoms with van der Waals surface area (Å²) >= 11 is 0. The van der Waals surface area contributed by atoms with E-state index in [-0.39, 0.29) is 6.61 Å². The number of rotatable bonds is 19. The first-order chi connectivity index (χ1) is 12.2. The summed E-state index contributed by atoms with van der Waals surface area (Å²) in [7, 11) is 0. The quantitative estimate of drug-likeness (QED) is 0.212. The van der Waals surface area contributed by atoms with E-state index in [4.69, 9.17) is 10.8 Å². The average Bonchev–Trinajstić information content (AvgIpc) is 2.63. The van der Waals surface area contributed by atoms with Crippen molar-refractivity contribution in [3.8, 4) is 0 Å². The van der Waals surface area contributed by atoms with Crippen molar-refractivity contribution in [3.63, 3.8) is 0 Å². The normalized spacial score (nSPS) is 14.2. The summed E-state index contributed by atoms with van der Waals surface area (Å²) in [6, 6.07) is -0.558. The Labute approximate surface area is 157 Å². The molecular weight excluding hydrogens is 310 g/mol. The molecule has 0 fully saturated rings. The van der Waals surface area contributed by atoms with Crippen LogP contribution in [0.3, 0.4) is 0 Å². The van der Waals surface area contributed by atoms with E-state index in [0.717, 1.165) is 6.42 Å². The molecule has 0 amide bonds. The second kappa shape index (κ2) is 19.9. The maximum Gasteiger partial charge on any atom is 0.0894 e. The SMILES string of the molecule is CCCCCCCCCCCCCCCCC/C=C/C(O)C(N)CO. The van der Waals surface area contributed by atoms with Gasteiger partial charge in [0.25, 0.3) is 0 Å². The fourth-order valence-corrected chi connectivity index (χ4v) is 3.12. The van der Waals surface area contributed by atoms with Crippen molar-refractivity contribution in [2.24, 2.45) is 5.73 Å². The fourth-order valence-electron chi connectivity index (χ4n) is 3.12. The van der Waals surface area contributed by atoms with Crippen LogP contribution in [-0.4, -0.2) is 29.0 Å². The van der Waals surface area contributed by atoms with Crippen molar-refractivity contribution in [2.75, 3.05) is 6.61 Å². The Bertz CT molecular complexity index is 281. The van der Waals surface area contributed by atoms with Crippen LogP contribution in [0.2, 0.25) is 0 Å². The number of allylic oxidation sites excluding steroid dienone is 1. The highest BCUT2D eigenvalue weighted by atomic mass is 16.3. The first-order valence-electron chi connectivity index (χ1n) is 10.9. The van der Waals surface area contributed by atoms with Gasteiger partial charge in [-0.2, -0.15) is 0 Å².